The molecule has 0 fully saturated rings. The van der Waals surface area contributed by atoms with Crippen LogP contribution in [0.5, 0.6) is 0 Å². The summed E-state index contributed by atoms with van der Waals surface area (Å²) in [7, 11) is 0. The zero-order chi connectivity index (χ0) is 45.9. The van der Waals surface area contributed by atoms with Crippen molar-refractivity contribution in [1.29, 1.82) is 0 Å². The summed E-state index contributed by atoms with van der Waals surface area (Å²) in [5.74, 6) is 0.00425. The maximum Gasteiger partial charge on any atom is 0.306 e. The third kappa shape index (κ3) is 51.3. The fraction of sp³-hybridized carbons (Fsp3) is 0.947. The number of carbonyl (C=O) groups is 3. The van der Waals surface area contributed by atoms with E-state index < -0.39 is 6.10 Å². The molecule has 0 aliphatic carbocycles. The van der Waals surface area contributed by atoms with Gasteiger partial charge in [-0.1, -0.05) is 285 Å². The van der Waals surface area contributed by atoms with Crippen LogP contribution in [0.1, 0.15) is 323 Å². The molecule has 0 aromatic carbocycles. The van der Waals surface area contributed by atoms with Gasteiger partial charge in [0.2, 0.25) is 0 Å². The van der Waals surface area contributed by atoms with Crippen LogP contribution in [0.3, 0.4) is 0 Å². The Morgan fingerprint density at radius 3 is 0.778 bits per heavy atom. The number of hydrogen-bond donors (Lipinski definition) is 0. The predicted octanol–water partition coefficient (Wildman–Crippen LogP) is 18.6. The molecule has 0 saturated heterocycles. The molecule has 374 valence electrons. The van der Waals surface area contributed by atoms with Gasteiger partial charge in [0.25, 0.3) is 0 Å². The van der Waals surface area contributed by atoms with E-state index in [0.717, 1.165) is 63.7 Å². The van der Waals surface area contributed by atoms with E-state index in [1.807, 2.05) is 0 Å². The van der Waals surface area contributed by atoms with E-state index in [9.17, 15) is 14.4 Å². The van der Waals surface area contributed by atoms with Gasteiger partial charge in [0.1, 0.15) is 13.2 Å². The summed E-state index contributed by atoms with van der Waals surface area (Å²) in [6, 6.07) is 0. The first-order valence-corrected chi connectivity index (χ1v) is 28.4. The summed E-state index contributed by atoms with van der Waals surface area (Å²) in [5.41, 5.74) is 0. The van der Waals surface area contributed by atoms with E-state index in [0.29, 0.717) is 19.3 Å². The third-order valence-corrected chi connectivity index (χ3v) is 13.0. The highest BCUT2D eigenvalue weighted by Crippen LogP contribution is 2.18. The van der Waals surface area contributed by atoms with Crippen molar-refractivity contribution in [1.82, 2.24) is 0 Å². The lowest BCUT2D eigenvalue weighted by atomic mass is 10.0. The molecule has 0 unspecified atom stereocenters. The van der Waals surface area contributed by atoms with E-state index >= 15 is 0 Å². The first kappa shape index (κ1) is 61.4. The first-order valence-electron chi connectivity index (χ1n) is 28.4. The van der Waals surface area contributed by atoms with Gasteiger partial charge >= 0.3 is 17.9 Å². The fourth-order valence-corrected chi connectivity index (χ4v) is 8.75. The largest absolute Gasteiger partial charge is 0.462 e. The number of unbranched alkanes of at least 4 members (excludes halogenated alkanes) is 39. The number of rotatable bonds is 52. The van der Waals surface area contributed by atoms with Crippen LogP contribution >= 0.6 is 0 Å². The smallest absolute Gasteiger partial charge is 0.306 e. The molecule has 0 aliphatic heterocycles. The first-order chi connectivity index (χ1) is 30.9. The molecule has 6 heteroatoms. The van der Waals surface area contributed by atoms with Crippen molar-refractivity contribution in [3.8, 4) is 0 Å². The Morgan fingerprint density at radius 1 is 0.302 bits per heavy atom. The maximum atomic E-state index is 12.8. The molecule has 0 aromatic rings. The van der Waals surface area contributed by atoms with Crippen LogP contribution < -0.4 is 0 Å². The van der Waals surface area contributed by atoms with Crippen LogP contribution in [0.4, 0.5) is 0 Å². The minimum Gasteiger partial charge on any atom is -0.462 e. The lowest BCUT2D eigenvalue weighted by Crippen LogP contribution is -2.30. The van der Waals surface area contributed by atoms with Crippen LogP contribution in [0.25, 0.3) is 0 Å². The Balaban J connectivity index is 4.21. The molecular formula is C57H110O6. The molecule has 63 heavy (non-hydrogen) atoms. The number of hydrogen-bond acceptors (Lipinski definition) is 6. The second kappa shape index (κ2) is 51.4. The molecular weight excluding hydrogens is 781 g/mol. The molecule has 0 amide bonds. The SMILES string of the molecule is CCCCCCCCCCCCCCCCCCCCCC(=O)O[C@H](COC(=O)CCCCCCCCCCC)COC(=O)CCCCCCCCCCCCCCCCC(C)C. The highest BCUT2D eigenvalue weighted by molar-refractivity contribution is 5.71. The highest BCUT2D eigenvalue weighted by Gasteiger charge is 2.19. The van der Waals surface area contributed by atoms with E-state index in [1.165, 1.54) is 218 Å². The highest BCUT2D eigenvalue weighted by atomic mass is 16.6. The van der Waals surface area contributed by atoms with Crippen LogP contribution in [0.2, 0.25) is 0 Å². The molecule has 0 aromatic heterocycles. The lowest BCUT2D eigenvalue weighted by Gasteiger charge is -2.18. The van der Waals surface area contributed by atoms with Crippen LogP contribution in [-0.4, -0.2) is 37.2 Å². The van der Waals surface area contributed by atoms with Gasteiger partial charge in [0.05, 0.1) is 0 Å². The molecule has 0 rings (SSSR count). The van der Waals surface area contributed by atoms with Crippen molar-refractivity contribution in [2.24, 2.45) is 5.92 Å². The summed E-state index contributed by atoms with van der Waals surface area (Å²) in [6.07, 6.45) is 55.3. The third-order valence-electron chi connectivity index (χ3n) is 13.0. The van der Waals surface area contributed by atoms with Crippen LogP contribution in [0, 0.1) is 5.92 Å². The van der Waals surface area contributed by atoms with Crippen LogP contribution in [0.15, 0.2) is 0 Å². The van der Waals surface area contributed by atoms with Gasteiger partial charge in [-0.2, -0.15) is 0 Å². The van der Waals surface area contributed by atoms with Crippen molar-refractivity contribution >= 4 is 17.9 Å². The van der Waals surface area contributed by atoms with Gasteiger partial charge in [-0.3, -0.25) is 14.4 Å². The molecule has 0 N–H and O–H groups in total. The van der Waals surface area contributed by atoms with Crippen molar-refractivity contribution in [2.75, 3.05) is 13.2 Å². The number of carbonyl (C=O) groups excluding carboxylic acids is 3. The average molecular weight is 892 g/mol. The molecule has 0 radical (unpaired) electrons. The van der Waals surface area contributed by atoms with Gasteiger partial charge in [0.15, 0.2) is 6.10 Å². The van der Waals surface area contributed by atoms with Crippen molar-refractivity contribution in [2.45, 2.75) is 329 Å². The van der Waals surface area contributed by atoms with Crippen molar-refractivity contribution in [3.05, 3.63) is 0 Å². The zero-order valence-electron chi connectivity index (χ0n) is 43.0. The maximum absolute atomic E-state index is 12.8. The molecule has 1 atom stereocenters. The molecule has 0 bridgehead atoms. The van der Waals surface area contributed by atoms with Gasteiger partial charge in [0, 0.05) is 19.3 Å². The molecule has 0 aliphatic rings. The second-order valence-electron chi connectivity index (χ2n) is 20.1. The Labute approximate surface area is 393 Å². The summed E-state index contributed by atoms with van der Waals surface area (Å²) < 4.78 is 16.8. The van der Waals surface area contributed by atoms with E-state index in [-0.39, 0.29) is 31.1 Å². The quantitative estimate of drug-likeness (QED) is 0.0344. The second-order valence-corrected chi connectivity index (χ2v) is 20.1. The minimum atomic E-state index is -0.761. The Hall–Kier alpha value is -1.59. The number of ether oxygens (including phenoxy) is 3. The lowest BCUT2D eigenvalue weighted by molar-refractivity contribution is -0.167. The average Bonchev–Trinajstić information content (AvgIpc) is 3.27. The van der Waals surface area contributed by atoms with Crippen molar-refractivity contribution in [3.63, 3.8) is 0 Å². The van der Waals surface area contributed by atoms with E-state index in [2.05, 4.69) is 27.7 Å². The van der Waals surface area contributed by atoms with Gasteiger partial charge < -0.3 is 14.2 Å². The zero-order valence-corrected chi connectivity index (χ0v) is 43.0. The Morgan fingerprint density at radius 2 is 0.524 bits per heavy atom. The Kier molecular flexibility index (Phi) is 50.1. The van der Waals surface area contributed by atoms with Crippen LogP contribution in [-0.2, 0) is 28.6 Å². The molecule has 0 spiro atoms. The summed E-state index contributed by atoms with van der Waals surface area (Å²) in [5, 5.41) is 0. The summed E-state index contributed by atoms with van der Waals surface area (Å²) >= 11 is 0. The van der Waals surface area contributed by atoms with Gasteiger partial charge in [-0.05, 0) is 25.2 Å². The van der Waals surface area contributed by atoms with Gasteiger partial charge in [-0.15, -0.1) is 0 Å². The predicted molar refractivity (Wildman–Crippen MR) is 270 cm³/mol. The van der Waals surface area contributed by atoms with Crippen molar-refractivity contribution < 1.29 is 28.6 Å². The monoisotopic (exact) mass is 891 g/mol. The van der Waals surface area contributed by atoms with E-state index in [4.69, 9.17) is 14.2 Å². The topological polar surface area (TPSA) is 78.9 Å². The standard InChI is InChI=1S/C57H110O6/c1-5-7-9-11-13-15-16-17-18-19-20-21-22-27-30-34-38-42-46-50-57(60)63-54(51-61-55(58)48-44-40-36-31-14-12-10-8-6-2)52-62-56(59)49-45-41-37-33-29-26-24-23-25-28-32-35-39-43-47-53(3)4/h53-54H,5-52H2,1-4H3/t54-/m1/s1. The van der Waals surface area contributed by atoms with Gasteiger partial charge in [-0.25, -0.2) is 0 Å². The minimum absolute atomic E-state index is 0.0623. The molecule has 6 nitrogen and oxygen atoms in total. The normalized spacial score (nSPS) is 12.0. The fourth-order valence-electron chi connectivity index (χ4n) is 8.75. The Bertz CT molecular complexity index is 949. The van der Waals surface area contributed by atoms with E-state index in [1.54, 1.807) is 0 Å². The summed E-state index contributed by atoms with van der Waals surface area (Å²) in [4.78, 5) is 38.0. The number of esters is 3. The molecule has 0 saturated carbocycles. The molecule has 0 heterocycles. The summed E-state index contributed by atoms with van der Waals surface area (Å²) in [6.45, 7) is 9.04.